The Bertz CT molecular complexity index is 1090. The predicted octanol–water partition coefficient (Wildman–Crippen LogP) is 3.76. The van der Waals surface area contributed by atoms with Crippen LogP contribution >= 0.6 is 0 Å². The molecule has 1 fully saturated rings. The highest BCUT2D eigenvalue weighted by Gasteiger charge is 2.27. The number of methoxy groups -OCH3 is 1. The quantitative estimate of drug-likeness (QED) is 0.637. The summed E-state index contributed by atoms with van der Waals surface area (Å²) < 4.78 is 11.0. The summed E-state index contributed by atoms with van der Waals surface area (Å²) >= 11 is 0. The number of rotatable bonds is 3. The van der Waals surface area contributed by atoms with Crippen molar-refractivity contribution in [3.63, 3.8) is 0 Å². The van der Waals surface area contributed by atoms with Gasteiger partial charge in [0.25, 0.3) is 0 Å². The molecule has 8 nitrogen and oxygen atoms in total. The van der Waals surface area contributed by atoms with Gasteiger partial charge in [-0.25, -0.2) is 14.8 Å². The van der Waals surface area contributed by atoms with Crippen molar-refractivity contribution in [3.05, 3.63) is 42.7 Å². The first-order valence-corrected chi connectivity index (χ1v) is 10.3. The van der Waals surface area contributed by atoms with E-state index in [1.807, 2.05) is 45.0 Å². The molecule has 1 aliphatic rings. The van der Waals surface area contributed by atoms with Crippen molar-refractivity contribution in [1.29, 1.82) is 0 Å². The third kappa shape index (κ3) is 4.68. The van der Waals surface area contributed by atoms with E-state index in [4.69, 9.17) is 14.5 Å². The van der Waals surface area contributed by atoms with E-state index < -0.39 is 5.60 Å². The molecule has 0 bridgehead atoms. The molecular weight excluding hydrogens is 394 g/mol. The second kappa shape index (κ2) is 8.37. The number of benzene rings is 1. The zero-order valence-corrected chi connectivity index (χ0v) is 18.3. The number of piperazine rings is 1. The molecule has 0 radical (unpaired) electrons. The van der Waals surface area contributed by atoms with Crippen LogP contribution in [0.2, 0.25) is 0 Å². The topological polar surface area (TPSA) is 80.7 Å². The summed E-state index contributed by atoms with van der Waals surface area (Å²) in [5.74, 6) is 1.20. The number of carbonyl (C=O) groups is 1. The Hall–Kier alpha value is -3.42. The average Bonchev–Trinajstić information content (AvgIpc) is 2.77. The van der Waals surface area contributed by atoms with E-state index in [-0.39, 0.29) is 6.09 Å². The molecule has 1 saturated heterocycles. The lowest BCUT2D eigenvalue weighted by Gasteiger charge is -2.35. The molecule has 3 aromatic rings. The summed E-state index contributed by atoms with van der Waals surface area (Å²) in [5, 5.41) is 1.04. The average molecular weight is 422 g/mol. The van der Waals surface area contributed by atoms with Crippen LogP contribution in [-0.2, 0) is 4.74 Å². The van der Waals surface area contributed by atoms with Crippen molar-refractivity contribution in [2.45, 2.75) is 26.4 Å². The number of anilines is 1. The first-order valence-electron chi connectivity index (χ1n) is 10.3. The van der Waals surface area contributed by atoms with E-state index in [1.54, 1.807) is 24.4 Å². The molecule has 0 saturated carbocycles. The van der Waals surface area contributed by atoms with Crippen molar-refractivity contribution in [1.82, 2.24) is 19.9 Å². The van der Waals surface area contributed by atoms with Crippen LogP contribution in [0.25, 0.3) is 22.2 Å². The molecule has 0 unspecified atom stereocenters. The maximum Gasteiger partial charge on any atom is 0.410 e. The Morgan fingerprint density at radius 1 is 1.03 bits per heavy atom. The molecule has 8 heteroatoms. The van der Waals surface area contributed by atoms with E-state index in [0.29, 0.717) is 43.6 Å². The molecule has 1 aliphatic heterocycles. The smallest absolute Gasteiger partial charge is 0.410 e. The van der Waals surface area contributed by atoms with Crippen molar-refractivity contribution in [2.75, 3.05) is 38.2 Å². The van der Waals surface area contributed by atoms with Crippen molar-refractivity contribution >= 4 is 22.9 Å². The Kier molecular flexibility index (Phi) is 5.63. The number of para-hydroxylation sites is 1. The first kappa shape index (κ1) is 20.8. The van der Waals surface area contributed by atoms with Gasteiger partial charge in [-0.1, -0.05) is 18.2 Å². The van der Waals surface area contributed by atoms with Crippen LogP contribution < -0.4 is 9.64 Å². The molecule has 3 heterocycles. The largest absolute Gasteiger partial charge is 0.493 e. The number of fused-ring (bicyclic) bond motifs is 1. The fourth-order valence-corrected chi connectivity index (χ4v) is 3.49. The lowest BCUT2D eigenvalue weighted by Crippen LogP contribution is -2.50. The first-order chi connectivity index (χ1) is 14.8. The van der Waals surface area contributed by atoms with Crippen LogP contribution in [0.3, 0.4) is 0 Å². The van der Waals surface area contributed by atoms with Crippen LogP contribution in [-0.4, -0.2) is 64.8 Å². The van der Waals surface area contributed by atoms with Crippen LogP contribution in [0.5, 0.6) is 5.75 Å². The van der Waals surface area contributed by atoms with E-state index in [2.05, 4.69) is 20.9 Å². The monoisotopic (exact) mass is 421 g/mol. The van der Waals surface area contributed by atoms with Crippen LogP contribution in [0.4, 0.5) is 10.7 Å². The van der Waals surface area contributed by atoms with Gasteiger partial charge in [-0.2, -0.15) is 0 Å². The highest BCUT2D eigenvalue weighted by molar-refractivity contribution is 5.83. The van der Waals surface area contributed by atoms with Gasteiger partial charge in [0.1, 0.15) is 11.3 Å². The number of pyridine rings is 1. The van der Waals surface area contributed by atoms with E-state index in [9.17, 15) is 4.79 Å². The zero-order chi connectivity index (χ0) is 22.0. The number of nitrogens with zero attached hydrogens (tertiary/aromatic N) is 5. The van der Waals surface area contributed by atoms with E-state index in [0.717, 1.165) is 16.5 Å². The maximum absolute atomic E-state index is 12.3. The van der Waals surface area contributed by atoms with Gasteiger partial charge in [-0.15, -0.1) is 0 Å². The Morgan fingerprint density at radius 2 is 1.77 bits per heavy atom. The summed E-state index contributed by atoms with van der Waals surface area (Å²) in [6, 6.07) is 10.0. The molecule has 1 aromatic carbocycles. The summed E-state index contributed by atoms with van der Waals surface area (Å²) in [4.78, 5) is 29.9. The number of amides is 1. The Morgan fingerprint density at radius 3 is 2.48 bits per heavy atom. The number of hydrogen-bond acceptors (Lipinski definition) is 7. The summed E-state index contributed by atoms with van der Waals surface area (Å²) in [6.45, 7) is 7.97. The third-order valence-electron chi connectivity index (χ3n) is 5.04. The number of aromatic nitrogens is 3. The molecule has 0 N–H and O–H groups in total. The minimum absolute atomic E-state index is 0.286. The van der Waals surface area contributed by atoms with Gasteiger partial charge in [0.2, 0.25) is 5.95 Å². The fourth-order valence-electron chi connectivity index (χ4n) is 3.49. The van der Waals surface area contributed by atoms with Crippen LogP contribution in [0, 0.1) is 0 Å². The predicted molar refractivity (Wildman–Crippen MR) is 119 cm³/mol. The summed E-state index contributed by atoms with van der Waals surface area (Å²) in [7, 11) is 1.61. The molecule has 4 rings (SSSR count). The normalized spacial score (nSPS) is 14.6. The second-order valence-corrected chi connectivity index (χ2v) is 8.46. The van der Waals surface area contributed by atoms with Gasteiger partial charge in [0, 0.05) is 43.3 Å². The molecule has 162 valence electrons. The van der Waals surface area contributed by atoms with E-state index in [1.165, 1.54) is 0 Å². The third-order valence-corrected chi connectivity index (χ3v) is 5.04. The molecule has 0 atom stereocenters. The zero-order valence-electron chi connectivity index (χ0n) is 18.3. The minimum atomic E-state index is -0.504. The Balaban J connectivity index is 1.55. The highest BCUT2D eigenvalue weighted by Crippen LogP contribution is 2.30. The standard InChI is InChI=1S/C23H27N5O3/c1-23(2,3)31-22(29)28-11-9-27(10-12-28)21-25-15-19(30-4)20(26-21)17-13-16-7-5-6-8-18(16)24-14-17/h5-8,13-15H,9-12H2,1-4H3. The summed E-state index contributed by atoms with van der Waals surface area (Å²) in [6.07, 6.45) is 3.20. The van der Waals surface area contributed by atoms with Crippen LogP contribution in [0.15, 0.2) is 42.7 Å². The molecule has 31 heavy (non-hydrogen) atoms. The van der Waals surface area contributed by atoms with Gasteiger partial charge in [0.15, 0.2) is 5.75 Å². The van der Waals surface area contributed by atoms with Gasteiger partial charge in [-0.05, 0) is 32.9 Å². The second-order valence-electron chi connectivity index (χ2n) is 8.46. The number of hydrogen-bond donors (Lipinski definition) is 0. The van der Waals surface area contributed by atoms with Crippen LogP contribution in [0.1, 0.15) is 20.8 Å². The Labute approximate surface area is 181 Å². The maximum atomic E-state index is 12.3. The summed E-state index contributed by atoms with van der Waals surface area (Å²) in [5.41, 5.74) is 1.99. The SMILES string of the molecule is COc1cnc(N2CCN(C(=O)OC(C)(C)C)CC2)nc1-c1cnc2ccccc2c1. The van der Waals surface area contributed by atoms with Gasteiger partial charge in [-0.3, -0.25) is 4.98 Å². The van der Waals surface area contributed by atoms with Crippen molar-refractivity contribution < 1.29 is 14.3 Å². The van der Waals surface area contributed by atoms with Gasteiger partial charge >= 0.3 is 6.09 Å². The van der Waals surface area contributed by atoms with Gasteiger partial charge in [0.05, 0.1) is 18.8 Å². The lowest BCUT2D eigenvalue weighted by atomic mass is 10.1. The van der Waals surface area contributed by atoms with Crippen molar-refractivity contribution in [2.24, 2.45) is 0 Å². The highest BCUT2D eigenvalue weighted by atomic mass is 16.6. The molecule has 2 aromatic heterocycles. The van der Waals surface area contributed by atoms with E-state index >= 15 is 0 Å². The lowest BCUT2D eigenvalue weighted by molar-refractivity contribution is 0.0240. The van der Waals surface area contributed by atoms with Gasteiger partial charge < -0.3 is 19.3 Å². The van der Waals surface area contributed by atoms with Crippen molar-refractivity contribution in [3.8, 4) is 17.0 Å². The molecule has 0 aliphatic carbocycles. The minimum Gasteiger partial charge on any atom is -0.493 e. The fraction of sp³-hybridized carbons (Fsp3) is 0.391. The molecule has 1 amide bonds. The number of carbonyl (C=O) groups excluding carboxylic acids is 1. The number of ether oxygens (including phenoxy) is 2. The molecule has 0 spiro atoms. The molecular formula is C23H27N5O3.